The molecule has 0 aliphatic carbocycles. The molecule has 8 heteroatoms. The van der Waals surface area contributed by atoms with Crippen LogP contribution in [-0.4, -0.2) is 55.8 Å². The first-order chi connectivity index (χ1) is 14.3. The van der Waals surface area contributed by atoms with Crippen LogP contribution in [0.15, 0.2) is 49.1 Å². The molecule has 146 valence electrons. The second-order valence-corrected chi connectivity index (χ2v) is 6.81. The number of fused-ring (bicyclic) bond motifs is 1. The number of ether oxygens (including phenoxy) is 1. The van der Waals surface area contributed by atoms with Crippen molar-refractivity contribution >= 4 is 22.9 Å². The van der Waals surface area contributed by atoms with E-state index in [4.69, 9.17) is 19.7 Å². The fourth-order valence-corrected chi connectivity index (χ4v) is 3.48. The predicted octanol–water partition coefficient (Wildman–Crippen LogP) is 3.08. The number of H-pyrrole nitrogens is 1. The van der Waals surface area contributed by atoms with Crippen LogP contribution in [0.1, 0.15) is 12.6 Å². The number of nitrogens with zero attached hydrogens (tertiary/aromatic N) is 6. The van der Waals surface area contributed by atoms with Crippen molar-refractivity contribution < 1.29 is 4.74 Å². The Morgan fingerprint density at radius 1 is 1.07 bits per heavy atom. The number of rotatable bonds is 4. The molecule has 1 aliphatic heterocycles. The van der Waals surface area contributed by atoms with Gasteiger partial charge < -0.3 is 14.6 Å². The molecule has 1 N–H and O–H groups in total. The monoisotopic (exact) mass is 387 g/mol. The zero-order valence-electron chi connectivity index (χ0n) is 16.1. The standard InChI is InChI=1S/C21H21N7O/c1-2-4-15-13-28(14-23-15)21-25-19(17-5-3-6-18-16(17)7-8-22-18)24-20(26-21)27-9-11-29-12-10-27/h2-8,13-14,22H,9-12H2,1H3/b4-2+. The molecule has 4 aromatic rings. The van der Waals surface area contributed by atoms with Gasteiger partial charge in [-0.25, -0.2) is 4.98 Å². The highest BCUT2D eigenvalue weighted by molar-refractivity contribution is 5.93. The van der Waals surface area contributed by atoms with Gasteiger partial charge in [0.25, 0.3) is 0 Å². The topological polar surface area (TPSA) is 84.8 Å². The summed E-state index contributed by atoms with van der Waals surface area (Å²) in [5, 5.41) is 1.08. The van der Waals surface area contributed by atoms with Crippen molar-refractivity contribution in [3.8, 4) is 17.3 Å². The van der Waals surface area contributed by atoms with Gasteiger partial charge in [-0.2, -0.15) is 15.0 Å². The maximum Gasteiger partial charge on any atom is 0.240 e. The van der Waals surface area contributed by atoms with Crippen molar-refractivity contribution in [2.75, 3.05) is 31.2 Å². The highest BCUT2D eigenvalue weighted by Crippen LogP contribution is 2.27. The molecule has 1 fully saturated rings. The van der Waals surface area contributed by atoms with E-state index < -0.39 is 0 Å². The number of benzene rings is 1. The first-order valence-corrected chi connectivity index (χ1v) is 9.64. The van der Waals surface area contributed by atoms with Crippen molar-refractivity contribution in [2.45, 2.75) is 6.92 Å². The Balaban J connectivity index is 1.66. The summed E-state index contributed by atoms with van der Waals surface area (Å²) in [6.07, 6.45) is 9.48. The molecule has 4 heterocycles. The lowest BCUT2D eigenvalue weighted by atomic mass is 10.1. The normalized spacial score (nSPS) is 14.9. The molecular formula is C21H21N7O. The molecular weight excluding hydrogens is 366 g/mol. The van der Waals surface area contributed by atoms with Crippen LogP contribution >= 0.6 is 0 Å². The molecule has 0 unspecified atom stereocenters. The Morgan fingerprint density at radius 3 is 2.79 bits per heavy atom. The van der Waals surface area contributed by atoms with Gasteiger partial charge in [0.2, 0.25) is 11.9 Å². The third kappa shape index (κ3) is 3.38. The Morgan fingerprint density at radius 2 is 1.93 bits per heavy atom. The van der Waals surface area contributed by atoms with Crippen LogP contribution in [0.25, 0.3) is 34.3 Å². The van der Waals surface area contributed by atoms with Crippen LogP contribution in [0.3, 0.4) is 0 Å². The summed E-state index contributed by atoms with van der Waals surface area (Å²) in [4.78, 5) is 24.1. The highest BCUT2D eigenvalue weighted by Gasteiger charge is 2.19. The van der Waals surface area contributed by atoms with Gasteiger partial charge in [-0.3, -0.25) is 4.57 Å². The van der Waals surface area contributed by atoms with Crippen LogP contribution in [0.4, 0.5) is 5.95 Å². The first kappa shape index (κ1) is 17.6. The van der Waals surface area contributed by atoms with E-state index in [-0.39, 0.29) is 0 Å². The largest absolute Gasteiger partial charge is 0.378 e. The summed E-state index contributed by atoms with van der Waals surface area (Å²) in [6, 6.07) is 8.14. The summed E-state index contributed by atoms with van der Waals surface area (Å²) in [7, 11) is 0. The summed E-state index contributed by atoms with van der Waals surface area (Å²) >= 11 is 0. The van der Waals surface area contributed by atoms with E-state index in [1.165, 1.54) is 0 Å². The average molecular weight is 387 g/mol. The van der Waals surface area contributed by atoms with E-state index >= 15 is 0 Å². The van der Waals surface area contributed by atoms with Gasteiger partial charge in [0.1, 0.15) is 6.33 Å². The smallest absolute Gasteiger partial charge is 0.240 e. The predicted molar refractivity (Wildman–Crippen MR) is 112 cm³/mol. The Bertz CT molecular complexity index is 1170. The number of allylic oxidation sites excluding steroid dienone is 1. The summed E-state index contributed by atoms with van der Waals surface area (Å²) in [6.45, 7) is 4.81. The lowest BCUT2D eigenvalue weighted by Crippen LogP contribution is -2.37. The van der Waals surface area contributed by atoms with Crippen molar-refractivity contribution in [3.05, 3.63) is 54.8 Å². The van der Waals surface area contributed by atoms with Crippen LogP contribution in [0.5, 0.6) is 0 Å². The fraction of sp³-hybridized carbons (Fsp3) is 0.238. The second kappa shape index (κ2) is 7.48. The number of hydrogen-bond donors (Lipinski definition) is 1. The van der Waals surface area contributed by atoms with Crippen LogP contribution in [0.2, 0.25) is 0 Å². The number of aromatic nitrogens is 6. The molecule has 1 aliphatic rings. The molecule has 0 spiro atoms. The maximum atomic E-state index is 5.49. The minimum Gasteiger partial charge on any atom is -0.378 e. The lowest BCUT2D eigenvalue weighted by Gasteiger charge is -2.27. The number of imidazole rings is 1. The zero-order valence-corrected chi connectivity index (χ0v) is 16.1. The molecule has 0 atom stereocenters. The summed E-state index contributed by atoms with van der Waals surface area (Å²) in [5.41, 5.74) is 2.88. The highest BCUT2D eigenvalue weighted by atomic mass is 16.5. The van der Waals surface area contributed by atoms with E-state index in [0.29, 0.717) is 30.9 Å². The molecule has 1 saturated heterocycles. The number of nitrogens with one attached hydrogen (secondary N) is 1. The maximum absolute atomic E-state index is 5.49. The van der Waals surface area contributed by atoms with E-state index in [0.717, 1.165) is 35.2 Å². The number of morpholine rings is 1. The third-order valence-electron chi connectivity index (χ3n) is 4.91. The molecule has 5 rings (SSSR count). The van der Waals surface area contributed by atoms with E-state index in [1.807, 2.05) is 60.3 Å². The van der Waals surface area contributed by atoms with Gasteiger partial charge in [-0.15, -0.1) is 0 Å². The van der Waals surface area contributed by atoms with Gasteiger partial charge in [0.05, 0.1) is 18.9 Å². The number of hydrogen-bond acceptors (Lipinski definition) is 6. The summed E-state index contributed by atoms with van der Waals surface area (Å²) < 4.78 is 7.32. The first-order valence-electron chi connectivity index (χ1n) is 9.64. The molecule has 3 aromatic heterocycles. The van der Waals surface area contributed by atoms with Gasteiger partial charge in [-0.1, -0.05) is 18.2 Å². The average Bonchev–Trinajstić information content (AvgIpc) is 3.44. The Hall–Kier alpha value is -3.52. The zero-order chi connectivity index (χ0) is 19.6. The SMILES string of the molecule is C/C=C/c1cn(-c2nc(-c3cccc4[nH]ccc34)nc(N3CCOCC3)n2)cn1. The van der Waals surface area contributed by atoms with Gasteiger partial charge >= 0.3 is 0 Å². The van der Waals surface area contributed by atoms with Crippen molar-refractivity contribution in [1.29, 1.82) is 0 Å². The van der Waals surface area contributed by atoms with Gasteiger partial charge in [0, 0.05) is 41.9 Å². The Kier molecular flexibility index (Phi) is 4.53. The fourth-order valence-electron chi connectivity index (χ4n) is 3.48. The van der Waals surface area contributed by atoms with Crippen molar-refractivity contribution in [1.82, 2.24) is 29.5 Å². The van der Waals surface area contributed by atoms with Gasteiger partial charge in [0.15, 0.2) is 5.82 Å². The molecule has 0 bridgehead atoms. The minimum atomic E-state index is 0.548. The van der Waals surface area contributed by atoms with E-state index in [1.54, 1.807) is 6.33 Å². The van der Waals surface area contributed by atoms with Crippen LogP contribution in [0, 0.1) is 0 Å². The third-order valence-corrected chi connectivity index (χ3v) is 4.91. The molecule has 1 aromatic carbocycles. The minimum absolute atomic E-state index is 0.548. The van der Waals surface area contributed by atoms with Crippen LogP contribution in [-0.2, 0) is 4.74 Å². The quantitative estimate of drug-likeness (QED) is 0.579. The molecule has 0 radical (unpaired) electrons. The molecule has 0 amide bonds. The molecule has 0 saturated carbocycles. The van der Waals surface area contributed by atoms with Gasteiger partial charge in [-0.05, 0) is 25.1 Å². The van der Waals surface area contributed by atoms with Crippen LogP contribution < -0.4 is 4.90 Å². The Labute approximate surface area is 167 Å². The van der Waals surface area contributed by atoms with Crippen molar-refractivity contribution in [2.24, 2.45) is 0 Å². The second-order valence-electron chi connectivity index (χ2n) is 6.81. The van der Waals surface area contributed by atoms with E-state index in [2.05, 4.69) is 14.9 Å². The number of anilines is 1. The molecule has 8 nitrogen and oxygen atoms in total. The van der Waals surface area contributed by atoms with Crippen molar-refractivity contribution in [3.63, 3.8) is 0 Å². The summed E-state index contributed by atoms with van der Waals surface area (Å²) in [5.74, 6) is 1.84. The van der Waals surface area contributed by atoms with E-state index in [9.17, 15) is 0 Å². The molecule has 29 heavy (non-hydrogen) atoms. The lowest BCUT2D eigenvalue weighted by molar-refractivity contribution is 0.122. The number of aromatic amines is 1.